The smallest absolute Gasteiger partial charge is 0.417 e. The molecular formula is C24H28F3N3O4S. The third-order valence-electron chi connectivity index (χ3n) is 5.88. The van der Waals surface area contributed by atoms with Crippen LogP contribution in [0, 0.1) is 12.5 Å². The lowest BCUT2D eigenvalue weighted by Gasteiger charge is -2.23. The molecular weight excluding hydrogens is 483 g/mol. The van der Waals surface area contributed by atoms with Crippen molar-refractivity contribution in [1.29, 1.82) is 0 Å². The SMILES string of the molecule is [C-]#[N+]c1c(C(=O)O)cc(-c2ccc(S(=O)(=O)NC(C)(C)C)c(C(F)(F)F)c2)n1CC1CCCCC1. The van der Waals surface area contributed by atoms with Crippen LogP contribution in [0.25, 0.3) is 16.1 Å². The van der Waals surface area contributed by atoms with Gasteiger partial charge in [0, 0.05) is 11.1 Å². The molecule has 35 heavy (non-hydrogen) atoms. The zero-order valence-corrected chi connectivity index (χ0v) is 20.6. The van der Waals surface area contributed by atoms with Crippen LogP contribution in [-0.2, 0) is 22.7 Å². The van der Waals surface area contributed by atoms with Crippen LogP contribution in [0.1, 0.15) is 68.8 Å². The third kappa shape index (κ3) is 6.05. The Morgan fingerprint density at radius 3 is 2.31 bits per heavy atom. The molecule has 1 saturated carbocycles. The minimum Gasteiger partial charge on any atom is -0.479 e. The highest BCUT2D eigenvalue weighted by molar-refractivity contribution is 7.89. The first-order chi connectivity index (χ1) is 16.1. The Morgan fingerprint density at radius 2 is 1.80 bits per heavy atom. The Bertz CT molecular complexity index is 1260. The summed E-state index contributed by atoms with van der Waals surface area (Å²) in [5.41, 5.74) is -2.54. The van der Waals surface area contributed by atoms with Gasteiger partial charge in [0.1, 0.15) is 5.69 Å². The average Bonchev–Trinajstić information content (AvgIpc) is 3.10. The molecule has 0 aliphatic heterocycles. The number of nitrogens with one attached hydrogen (secondary N) is 1. The second-order valence-corrected chi connectivity index (χ2v) is 11.5. The van der Waals surface area contributed by atoms with Crippen LogP contribution in [-0.4, -0.2) is 29.6 Å². The van der Waals surface area contributed by atoms with Crippen LogP contribution in [0.15, 0.2) is 29.2 Å². The van der Waals surface area contributed by atoms with E-state index < -0.39 is 38.2 Å². The molecule has 7 nitrogen and oxygen atoms in total. The van der Waals surface area contributed by atoms with Gasteiger partial charge < -0.3 is 9.95 Å². The number of alkyl halides is 3. The van der Waals surface area contributed by atoms with Crippen LogP contribution in [0.3, 0.4) is 0 Å². The topological polar surface area (TPSA) is 92.8 Å². The minimum atomic E-state index is -4.99. The molecule has 1 aromatic heterocycles. The highest BCUT2D eigenvalue weighted by atomic mass is 32.2. The lowest BCUT2D eigenvalue weighted by atomic mass is 9.89. The summed E-state index contributed by atoms with van der Waals surface area (Å²) in [4.78, 5) is 14.2. The molecule has 2 aromatic rings. The summed E-state index contributed by atoms with van der Waals surface area (Å²) >= 11 is 0. The number of rotatable bonds is 6. The minimum absolute atomic E-state index is 0.0137. The third-order valence-corrected chi connectivity index (χ3v) is 7.70. The molecule has 0 unspecified atom stereocenters. The maximum Gasteiger partial charge on any atom is 0.417 e. The van der Waals surface area contributed by atoms with Gasteiger partial charge in [-0.1, -0.05) is 25.8 Å². The number of hydrogen-bond donors (Lipinski definition) is 2. The summed E-state index contributed by atoms with van der Waals surface area (Å²) in [6, 6.07) is 4.00. The maximum absolute atomic E-state index is 14.0. The standard InChI is InChI=1S/C24H28F3N3O4S/c1-23(2,3)29-35(33,34)20-11-10-16(12-18(20)24(25,26)27)19-13-17(22(31)32)21(28-4)30(19)14-15-8-6-5-7-9-15/h10-13,15,29H,5-9,14H2,1-3H3,(H,31,32). The van der Waals surface area contributed by atoms with E-state index >= 15 is 0 Å². The highest BCUT2D eigenvalue weighted by Gasteiger charge is 2.39. The van der Waals surface area contributed by atoms with Crippen LogP contribution in [0.4, 0.5) is 19.0 Å². The molecule has 1 heterocycles. The van der Waals surface area contributed by atoms with E-state index in [1.165, 1.54) is 37.5 Å². The van der Waals surface area contributed by atoms with Gasteiger partial charge in [-0.25, -0.2) is 17.9 Å². The van der Waals surface area contributed by atoms with Gasteiger partial charge in [0.15, 0.2) is 0 Å². The van der Waals surface area contributed by atoms with Crippen LogP contribution < -0.4 is 4.72 Å². The summed E-state index contributed by atoms with van der Waals surface area (Å²) in [5.74, 6) is -1.35. The molecule has 1 aromatic carbocycles. The van der Waals surface area contributed by atoms with Crippen molar-refractivity contribution in [2.75, 3.05) is 0 Å². The normalized spacial score (nSPS) is 15.7. The second-order valence-electron chi connectivity index (χ2n) is 9.86. The molecule has 0 atom stereocenters. The molecule has 11 heteroatoms. The monoisotopic (exact) mass is 511 g/mol. The summed E-state index contributed by atoms with van der Waals surface area (Å²) in [6.07, 6.45) is -0.171. The molecule has 0 amide bonds. The zero-order valence-electron chi connectivity index (χ0n) is 19.7. The van der Waals surface area contributed by atoms with Crippen molar-refractivity contribution >= 4 is 21.8 Å². The molecule has 0 radical (unpaired) electrons. The van der Waals surface area contributed by atoms with Crippen molar-refractivity contribution in [2.24, 2.45) is 5.92 Å². The van der Waals surface area contributed by atoms with Gasteiger partial charge in [0.2, 0.25) is 15.8 Å². The number of carboxylic acids is 1. The van der Waals surface area contributed by atoms with Crippen molar-refractivity contribution in [2.45, 2.75) is 76.0 Å². The van der Waals surface area contributed by atoms with Crippen molar-refractivity contribution in [3.05, 3.63) is 46.8 Å². The van der Waals surface area contributed by atoms with Crippen molar-refractivity contribution in [3.8, 4) is 11.3 Å². The number of aromatic carboxylic acids is 1. The molecule has 1 aliphatic carbocycles. The van der Waals surface area contributed by atoms with E-state index in [-0.39, 0.29) is 28.6 Å². The molecule has 0 spiro atoms. The van der Waals surface area contributed by atoms with Crippen LogP contribution >= 0.6 is 0 Å². The van der Waals surface area contributed by atoms with Crippen molar-refractivity contribution < 1.29 is 31.5 Å². The van der Waals surface area contributed by atoms with Gasteiger partial charge in [-0.15, -0.1) is 0 Å². The van der Waals surface area contributed by atoms with E-state index in [1.807, 2.05) is 0 Å². The predicted octanol–water partition coefficient (Wildman–Crippen LogP) is 6.08. The molecule has 2 N–H and O–H groups in total. The van der Waals surface area contributed by atoms with E-state index in [0.717, 1.165) is 38.2 Å². The molecule has 0 saturated heterocycles. The second kappa shape index (κ2) is 9.66. The van der Waals surface area contributed by atoms with Gasteiger partial charge in [-0.3, -0.25) is 4.57 Å². The number of aromatic nitrogens is 1. The number of carboxylic acid groups (broad SMARTS) is 1. The molecule has 1 aliphatic rings. The lowest BCUT2D eigenvalue weighted by molar-refractivity contribution is -0.139. The number of halogens is 3. The number of nitrogens with zero attached hydrogens (tertiary/aromatic N) is 2. The number of sulfonamides is 1. The highest BCUT2D eigenvalue weighted by Crippen LogP contribution is 2.40. The first-order valence-electron chi connectivity index (χ1n) is 11.2. The zero-order chi connectivity index (χ0) is 26.2. The van der Waals surface area contributed by atoms with Crippen molar-refractivity contribution in [3.63, 3.8) is 0 Å². The maximum atomic E-state index is 14.0. The first kappa shape index (κ1) is 26.8. The number of hydrogen-bond acceptors (Lipinski definition) is 3. The van der Waals surface area contributed by atoms with E-state index in [1.54, 1.807) is 0 Å². The summed E-state index contributed by atoms with van der Waals surface area (Å²) in [7, 11) is -4.50. The van der Waals surface area contributed by atoms with Gasteiger partial charge in [-0.05, 0) is 63.8 Å². The van der Waals surface area contributed by atoms with Gasteiger partial charge in [-0.2, -0.15) is 13.2 Å². The van der Waals surface area contributed by atoms with Gasteiger partial charge in [0.05, 0.1) is 22.6 Å². The Kier molecular flexibility index (Phi) is 7.39. The summed E-state index contributed by atoms with van der Waals surface area (Å²) in [6.45, 7) is 12.4. The quantitative estimate of drug-likeness (QED) is 0.460. The Labute approximate surface area is 202 Å². The van der Waals surface area contributed by atoms with Gasteiger partial charge >= 0.3 is 12.1 Å². The Hall–Kier alpha value is -2.84. The van der Waals surface area contributed by atoms with Crippen molar-refractivity contribution in [1.82, 2.24) is 9.29 Å². The molecule has 0 bridgehead atoms. The van der Waals surface area contributed by atoms with E-state index in [4.69, 9.17) is 6.57 Å². The fraction of sp³-hybridized carbons (Fsp3) is 0.500. The predicted molar refractivity (Wildman–Crippen MR) is 125 cm³/mol. The fourth-order valence-corrected chi connectivity index (χ4v) is 6.10. The van der Waals surface area contributed by atoms with E-state index in [0.29, 0.717) is 12.6 Å². The van der Waals surface area contributed by atoms with Crippen LogP contribution in [0.2, 0.25) is 0 Å². The Balaban J connectivity index is 2.21. The van der Waals surface area contributed by atoms with Crippen LogP contribution in [0.5, 0.6) is 0 Å². The lowest BCUT2D eigenvalue weighted by Crippen LogP contribution is -2.41. The average molecular weight is 512 g/mol. The van der Waals surface area contributed by atoms with E-state index in [9.17, 15) is 31.5 Å². The largest absolute Gasteiger partial charge is 0.479 e. The van der Waals surface area contributed by atoms with E-state index in [2.05, 4.69) is 9.57 Å². The molecule has 1 fully saturated rings. The Morgan fingerprint density at radius 1 is 1.17 bits per heavy atom. The number of benzene rings is 1. The first-order valence-corrected chi connectivity index (χ1v) is 12.7. The number of carbonyl (C=O) groups is 1. The molecule has 3 rings (SSSR count). The molecule has 190 valence electrons. The van der Waals surface area contributed by atoms with Gasteiger partial charge in [0.25, 0.3) is 0 Å². The fourth-order valence-electron chi connectivity index (χ4n) is 4.47. The summed E-state index contributed by atoms with van der Waals surface area (Å²) < 4.78 is 71.3. The summed E-state index contributed by atoms with van der Waals surface area (Å²) in [5, 5.41) is 9.61.